The maximum atomic E-state index is 12.4. The molecule has 0 aliphatic rings. The summed E-state index contributed by atoms with van der Waals surface area (Å²) in [6, 6.07) is 1.19. The first-order chi connectivity index (χ1) is 7.27. The lowest BCUT2D eigenvalue weighted by atomic mass is 10.1. The second-order valence-electron chi connectivity index (χ2n) is 2.72. The number of rotatable bonds is 2. The van der Waals surface area contributed by atoms with Crippen LogP contribution in [-0.2, 0) is 6.18 Å². The van der Waals surface area contributed by atoms with Crippen LogP contribution in [0.1, 0.15) is 5.56 Å². The van der Waals surface area contributed by atoms with Crippen molar-refractivity contribution in [1.82, 2.24) is 0 Å². The third kappa shape index (κ3) is 2.59. The minimum absolute atomic E-state index is 0.0796. The first kappa shape index (κ1) is 13.1. The Kier molecular flexibility index (Phi) is 3.68. The molecule has 0 bridgehead atoms. The molecule has 16 heavy (non-hydrogen) atoms. The molecular formula is C7H4BrF3N2O2S. The van der Waals surface area contributed by atoms with Gasteiger partial charge in [-0.05, 0) is 22.0 Å². The molecule has 1 rings (SSSR count). The molecule has 88 valence electrons. The first-order valence-corrected chi connectivity index (χ1v) is 4.96. The van der Waals surface area contributed by atoms with Crippen molar-refractivity contribution in [1.29, 1.82) is 0 Å². The van der Waals surface area contributed by atoms with Gasteiger partial charge < -0.3 is 4.72 Å². The maximum Gasteiger partial charge on any atom is 0.416 e. The van der Waals surface area contributed by atoms with Crippen LogP contribution >= 0.6 is 28.7 Å². The Balaban J connectivity index is 3.46. The highest BCUT2D eigenvalue weighted by atomic mass is 79.9. The summed E-state index contributed by atoms with van der Waals surface area (Å²) in [5.74, 6) is 0. The van der Waals surface area contributed by atoms with E-state index in [1.165, 1.54) is 0 Å². The van der Waals surface area contributed by atoms with Crippen LogP contribution < -0.4 is 4.72 Å². The number of nitro benzene ring substituents is 1. The highest BCUT2D eigenvalue weighted by Gasteiger charge is 2.34. The summed E-state index contributed by atoms with van der Waals surface area (Å²) < 4.78 is 39.2. The minimum Gasteiger partial charge on any atom is -0.326 e. The van der Waals surface area contributed by atoms with Gasteiger partial charge >= 0.3 is 6.18 Å². The summed E-state index contributed by atoms with van der Waals surface area (Å²) in [7, 11) is 0. The van der Waals surface area contributed by atoms with Crippen LogP contribution in [0, 0.1) is 10.1 Å². The van der Waals surface area contributed by atoms with Gasteiger partial charge in [-0.3, -0.25) is 10.1 Å². The van der Waals surface area contributed by atoms with Crippen molar-refractivity contribution >= 4 is 40.1 Å². The summed E-state index contributed by atoms with van der Waals surface area (Å²) in [4.78, 5) is 9.64. The molecule has 0 aliphatic heterocycles. The van der Waals surface area contributed by atoms with E-state index in [1.807, 2.05) is 0 Å². The molecule has 0 atom stereocenters. The number of alkyl halides is 3. The second-order valence-corrected chi connectivity index (χ2v) is 3.80. The van der Waals surface area contributed by atoms with Gasteiger partial charge in [0.05, 0.1) is 10.5 Å². The van der Waals surface area contributed by atoms with Gasteiger partial charge in [0.2, 0.25) is 0 Å². The third-order valence-electron chi connectivity index (χ3n) is 1.71. The van der Waals surface area contributed by atoms with E-state index in [1.54, 1.807) is 0 Å². The van der Waals surface area contributed by atoms with Crippen molar-refractivity contribution in [3.8, 4) is 0 Å². The number of nitrogens with zero attached hydrogens (tertiary/aromatic N) is 1. The fourth-order valence-corrected chi connectivity index (χ4v) is 1.95. The van der Waals surface area contributed by atoms with Gasteiger partial charge in [0.1, 0.15) is 5.69 Å². The van der Waals surface area contributed by atoms with Crippen LogP contribution in [0.4, 0.5) is 24.5 Å². The normalized spacial score (nSPS) is 11.3. The van der Waals surface area contributed by atoms with Crippen molar-refractivity contribution in [2.24, 2.45) is 0 Å². The number of nitro groups is 1. The van der Waals surface area contributed by atoms with E-state index in [0.29, 0.717) is 6.07 Å². The number of nitrogens with one attached hydrogen (secondary N) is 1. The Morgan fingerprint density at radius 1 is 1.44 bits per heavy atom. The van der Waals surface area contributed by atoms with E-state index in [2.05, 4.69) is 33.5 Å². The van der Waals surface area contributed by atoms with Crippen molar-refractivity contribution in [2.45, 2.75) is 6.18 Å². The van der Waals surface area contributed by atoms with Gasteiger partial charge in [-0.2, -0.15) is 13.2 Å². The predicted octanol–water partition coefficient (Wildman–Crippen LogP) is 3.63. The molecule has 1 aromatic rings. The largest absolute Gasteiger partial charge is 0.416 e. The summed E-state index contributed by atoms with van der Waals surface area (Å²) in [5.41, 5.74) is -1.92. The number of benzene rings is 1. The molecule has 0 fully saturated rings. The Morgan fingerprint density at radius 3 is 2.38 bits per heavy atom. The monoisotopic (exact) mass is 316 g/mol. The quantitative estimate of drug-likeness (QED) is 0.497. The Labute approximate surface area is 102 Å². The van der Waals surface area contributed by atoms with E-state index in [9.17, 15) is 23.3 Å². The number of hydrogen-bond acceptors (Lipinski definition) is 4. The van der Waals surface area contributed by atoms with Crippen LogP contribution in [0.25, 0.3) is 0 Å². The first-order valence-electron chi connectivity index (χ1n) is 3.72. The molecule has 0 aliphatic carbocycles. The zero-order chi connectivity index (χ0) is 12.5. The average Bonchev–Trinajstić information content (AvgIpc) is 2.14. The van der Waals surface area contributed by atoms with Crippen molar-refractivity contribution in [2.75, 3.05) is 4.72 Å². The lowest BCUT2D eigenvalue weighted by Gasteiger charge is -2.10. The third-order valence-corrected chi connectivity index (χ3v) is 2.55. The maximum absolute atomic E-state index is 12.4. The van der Waals surface area contributed by atoms with Gasteiger partial charge in [-0.1, -0.05) is 12.8 Å². The topological polar surface area (TPSA) is 55.2 Å². The molecule has 0 amide bonds. The number of halogens is 4. The Morgan fingerprint density at radius 2 is 2.00 bits per heavy atom. The molecule has 0 saturated heterocycles. The van der Waals surface area contributed by atoms with E-state index in [0.717, 1.165) is 6.07 Å². The molecular weight excluding hydrogens is 313 g/mol. The zero-order valence-electron chi connectivity index (χ0n) is 7.38. The molecule has 4 nitrogen and oxygen atoms in total. The highest BCUT2D eigenvalue weighted by molar-refractivity contribution is 9.10. The smallest absolute Gasteiger partial charge is 0.326 e. The molecule has 0 saturated carbocycles. The summed E-state index contributed by atoms with van der Waals surface area (Å²) in [5, 5.41) is 10.6. The van der Waals surface area contributed by atoms with Crippen LogP contribution in [0.2, 0.25) is 0 Å². The SMILES string of the molecule is O=[N+]([O-])c1cc(C(F)(F)F)cc(Br)c1NS. The summed E-state index contributed by atoms with van der Waals surface area (Å²) in [6.45, 7) is 0. The van der Waals surface area contributed by atoms with E-state index in [4.69, 9.17) is 0 Å². The second kappa shape index (κ2) is 4.50. The van der Waals surface area contributed by atoms with E-state index >= 15 is 0 Å². The number of thiol groups is 1. The van der Waals surface area contributed by atoms with Crippen LogP contribution in [0.3, 0.4) is 0 Å². The predicted molar refractivity (Wildman–Crippen MR) is 58.4 cm³/mol. The molecule has 0 aromatic heterocycles. The van der Waals surface area contributed by atoms with Crippen molar-refractivity contribution in [3.63, 3.8) is 0 Å². The number of hydrogen-bond donors (Lipinski definition) is 2. The van der Waals surface area contributed by atoms with Crippen molar-refractivity contribution < 1.29 is 18.1 Å². The highest BCUT2D eigenvalue weighted by Crippen LogP contribution is 2.40. The molecule has 0 spiro atoms. The lowest BCUT2D eigenvalue weighted by Crippen LogP contribution is -2.07. The standard InChI is InChI=1S/C7H4BrF3N2O2S/c8-4-1-3(7(9,10)11)2-5(13(14)15)6(4)12-16/h1-2,12,16H. The van der Waals surface area contributed by atoms with Crippen LogP contribution in [0.5, 0.6) is 0 Å². The Bertz CT molecular complexity index is 438. The molecule has 1 aromatic carbocycles. The van der Waals surface area contributed by atoms with E-state index in [-0.39, 0.29) is 10.2 Å². The van der Waals surface area contributed by atoms with Crippen LogP contribution in [-0.4, -0.2) is 4.92 Å². The lowest BCUT2D eigenvalue weighted by molar-refractivity contribution is -0.384. The van der Waals surface area contributed by atoms with Gasteiger partial charge in [0, 0.05) is 10.5 Å². The van der Waals surface area contributed by atoms with Gasteiger partial charge in [-0.25, -0.2) is 0 Å². The number of anilines is 1. The molecule has 9 heteroatoms. The van der Waals surface area contributed by atoms with Gasteiger partial charge in [-0.15, -0.1) is 0 Å². The molecule has 0 unspecified atom stereocenters. The van der Waals surface area contributed by atoms with Gasteiger partial charge in [0.25, 0.3) is 5.69 Å². The Hall–Kier alpha value is -0.960. The zero-order valence-corrected chi connectivity index (χ0v) is 9.86. The van der Waals surface area contributed by atoms with E-state index < -0.39 is 22.4 Å². The molecule has 1 N–H and O–H groups in total. The van der Waals surface area contributed by atoms with Gasteiger partial charge in [0.15, 0.2) is 0 Å². The minimum atomic E-state index is -4.64. The summed E-state index contributed by atoms with van der Waals surface area (Å²) >= 11 is 6.39. The van der Waals surface area contributed by atoms with Crippen molar-refractivity contribution in [3.05, 3.63) is 32.3 Å². The molecule has 0 radical (unpaired) electrons. The van der Waals surface area contributed by atoms with Crippen LogP contribution in [0.15, 0.2) is 16.6 Å². The fourth-order valence-electron chi connectivity index (χ4n) is 1.01. The summed E-state index contributed by atoms with van der Waals surface area (Å²) in [6.07, 6.45) is -4.64. The fraction of sp³-hybridized carbons (Fsp3) is 0.143. The average molecular weight is 317 g/mol. The molecule has 0 heterocycles.